The Bertz CT molecular complexity index is 676. The Hall–Kier alpha value is -0.860. The van der Waals surface area contributed by atoms with Crippen LogP contribution >= 0.6 is 24.0 Å². The van der Waals surface area contributed by atoms with Gasteiger partial charge in [-0.2, -0.15) is 0 Å². The summed E-state index contributed by atoms with van der Waals surface area (Å²) >= 11 is 0. The van der Waals surface area contributed by atoms with E-state index in [4.69, 9.17) is 9.47 Å². The van der Waals surface area contributed by atoms with Crippen LogP contribution in [-0.4, -0.2) is 64.0 Å². The van der Waals surface area contributed by atoms with Gasteiger partial charge in [0.25, 0.3) is 0 Å². The van der Waals surface area contributed by atoms with Crippen molar-refractivity contribution in [2.24, 2.45) is 16.8 Å². The second kappa shape index (κ2) is 11.0. The van der Waals surface area contributed by atoms with Gasteiger partial charge in [0.1, 0.15) is 0 Å². The van der Waals surface area contributed by atoms with Gasteiger partial charge < -0.3 is 19.7 Å². The lowest BCUT2D eigenvalue weighted by atomic mass is 9.92. The summed E-state index contributed by atoms with van der Waals surface area (Å²) in [6.07, 6.45) is 6.12. The number of aliphatic imine (C=N–C) groups is 1. The number of piperidine rings is 1. The fraction of sp³-hybridized carbons (Fsp3) is 0.696. The lowest BCUT2D eigenvalue weighted by molar-refractivity contribution is 0.00990. The number of methoxy groups -OCH3 is 1. The number of hydrogen-bond donors (Lipinski definition) is 1. The molecular weight excluding hydrogens is 477 g/mol. The van der Waals surface area contributed by atoms with E-state index >= 15 is 0 Å². The van der Waals surface area contributed by atoms with Crippen molar-refractivity contribution in [3.05, 3.63) is 35.4 Å². The lowest BCUT2D eigenvalue weighted by Crippen LogP contribution is -2.47. The van der Waals surface area contributed by atoms with Crippen LogP contribution in [0.4, 0.5) is 0 Å². The summed E-state index contributed by atoms with van der Waals surface area (Å²) < 4.78 is 11.1. The van der Waals surface area contributed by atoms with E-state index in [1.807, 2.05) is 7.05 Å². The van der Waals surface area contributed by atoms with Crippen LogP contribution in [-0.2, 0) is 15.9 Å². The quantitative estimate of drug-likeness (QED) is 0.262. The van der Waals surface area contributed by atoms with Gasteiger partial charge in [-0.15, -0.1) is 24.0 Å². The molecule has 3 aliphatic rings. The van der Waals surface area contributed by atoms with Crippen molar-refractivity contribution in [2.75, 3.05) is 47.0 Å². The van der Waals surface area contributed by atoms with Crippen LogP contribution < -0.4 is 5.32 Å². The summed E-state index contributed by atoms with van der Waals surface area (Å²) in [7, 11) is 3.65. The van der Waals surface area contributed by atoms with Crippen molar-refractivity contribution < 1.29 is 9.47 Å². The molecule has 2 fully saturated rings. The van der Waals surface area contributed by atoms with Crippen LogP contribution in [0.25, 0.3) is 0 Å². The molecule has 0 bridgehead atoms. The normalized spacial score (nSPS) is 26.3. The van der Waals surface area contributed by atoms with E-state index in [0.717, 1.165) is 75.8 Å². The Morgan fingerprint density at radius 1 is 1.17 bits per heavy atom. The Labute approximate surface area is 192 Å². The number of likely N-dealkylation sites (tertiary alicyclic amines) is 1. The summed E-state index contributed by atoms with van der Waals surface area (Å²) in [5, 5.41) is 3.68. The van der Waals surface area contributed by atoms with Crippen LogP contribution in [0.5, 0.6) is 0 Å². The Balaban J connectivity index is 0.00000240. The molecule has 1 aromatic rings. The largest absolute Gasteiger partial charge is 0.385 e. The van der Waals surface area contributed by atoms with Gasteiger partial charge in [-0.05, 0) is 61.0 Å². The van der Waals surface area contributed by atoms with Gasteiger partial charge in [0.2, 0.25) is 0 Å². The zero-order chi connectivity index (χ0) is 19.3. The van der Waals surface area contributed by atoms with Crippen molar-refractivity contribution in [2.45, 2.75) is 44.1 Å². The summed E-state index contributed by atoms with van der Waals surface area (Å²) in [5.41, 5.74) is 3.18. The third-order valence-corrected chi connectivity index (χ3v) is 6.79. The highest BCUT2D eigenvalue weighted by molar-refractivity contribution is 14.0. The Morgan fingerprint density at radius 3 is 2.72 bits per heavy atom. The number of fused-ring (bicyclic) bond motifs is 3. The Morgan fingerprint density at radius 2 is 1.97 bits per heavy atom. The molecule has 2 aliphatic carbocycles. The van der Waals surface area contributed by atoms with E-state index in [9.17, 15) is 0 Å². The first-order valence-electron chi connectivity index (χ1n) is 11.0. The highest BCUT2D eigenvalue weighted by atomic mass is 127. The minimum absolute atomic E-state index is 0. The number of guanidine groups is 1. The highest BCUT2D eigenvalue weighted by Crippen LogP contribution is 2.59. The Kier molecular flexibility index (Phi) is 8.62. The fourth-order valence-electron chi connectivity index (χ4n) is 5.22. The average molecular weight is 513 g/mol. The molecule has 5 nitrogen and oxygen atoms in total. The number of rotatable bonds is 7. The molecule has 0 spiro atoms. The number of benzene rings is 1. The molecule has 162 valence electrons. The first-order chi connectivity index (χ1) is 13.8. The van der Waals surface area contributed by atoms with Gasteiger partial charge in [-0.1, -0.05) is 24.3 Å². The molecule has 1 saturated heterocycles. The van der Waals surface area contributed by atoms with Crippen molar-refractivity contribution >= 4 is 29.9 Å². The number of ether oxygens (including phenoxy) is 2. The van der Waals surface area contributed by atoms with Gasteiger partial charge in [-0.25, -0.2) is 0 Å². The zero-order valence-electron chi connectivity index (χ0n) is 17.8. The third kappa shape index (κ3) is 5.44. The summed E-state index contributed by atoms with van der Waals surface area (Å²) in [5.74, 6) is 3.46. The molecule has 3 atom stereocenters. The minimum Gasteiger partial charge on any atom is -0.385 e. The van der Waals surface area contributed by atoms with Crippen LogP contribution in [0.3, 0.4) is 0 Å². The molecule has 1 heterocycles. The van der Waals surface area contributed by atoms with Crippen LogP contribution in [0.2, 0.25) is 0 Å². The van der Waals surface area contributed by atoms with Crippen LogP contribution in [0.15, 0.2) is 29.3 Å². The van der Waals surface area contributed by atoms with E-state index in [0.29, 0.717) is 6.10 Å². The molecule has 0 amide bonds. The maximum absolute atomic E-state index is 5.99. The van der Waals surface area contributed by atoms with E-state index < -0.39 is 0 Å². The molecule has 3 unspecified atom stereocenters. The monoisotopic (exact) mass is 513 g/mol. The van der Waals surface area contributed by atoms with E-state index in [2.05, 4.69) is 39.5 Å². The van der Waals surface area contributed by atoms with Gasteiger partial charge in [0.05, 0.1) is 6.10 Å². The van der Waals surface area contributed by atoms with Crippen molar-refractivity contribution in [3.63, 3.8) is 0 Å². The molecule has 6 heteroatoms. The summed E-state index contributed by atoms with van der Waals surface area (Å²) in [6, 6.07) is 9.04. The maximum Gasteiger partial charge on any atom is 0.193 e. The highest BCUT2D eigenvalue weighted by Gasteiger charge is 2.52. The average Bonchev–Trinajstić information content (AvgIpc) is 3.46. The standard InChI is InChI=1S/C23H35N3O2.HI/c1-24-23(26-12-10-18(11-13-26)28-15-5-14-27-2)25-16-21-20-9-8-17-6-3-4-7-19(17)22(20)21;/h3-4,6-7,18,20-22H,5,8-16H2,1-2H3,(H,24,25);1H. The second-order valence-electron chi connectivity index (χ2n) is 8.42. The maximum atomic E-state index is 5.99. The van der Waals surface area contributed by atoms with Crippen molar-refractivity contribution in [1.82, 2.24) is 10.2 Å². The molecule has 1 saturated carbocycles. The first-order valence-corrected chi connectivity index (χ1v) is 11.0. The molecule has 1 aliphatic heterocycles. The predicted octanol–water partition coefficient (Wildman–Crippen LogP) is 3.67. The molecule has 1 aromatic carbocycles. The van der Waals surface area contributed by atoms with Crippen LogP contribution in [0.1, 0.15) is 42.7 Å². The molecule has 0 radical (unpaired) electrons. The smallest absolute Gasteiger partial charge is 0.193 e. The van der Waals surface area contributed by atoms with Gasteiger partial charge in [-0.3, -0.25) is 4.99 Å². The number of hydrogen-bond acceptors (Lipinski definition) is 3. The third-order valence-electron chi connectivity index (χ3n) is 6.79. The van der Waals surface area contributed by atoms with E-state index in [1.165, 1.54) is 12.8 Å². The second-order valence-corrected chi connectivity index (χ2v) is 8.42. The van der Waals surface area contributed by atoms with Crippen LogP contribution in [0, 0.1) is 11.8 Å². The molecule has 4 rings (SSSR count). The molecule has 29 heavy (non-hydrogen) atoms. The van der Waals surface area contributed by atoms with Gasteiger partial charge in [0, 0.05) is 47.0 Å². The zero-order valence-corrected chi connectivity index (χ0v) is 20.1. The van der Waals surface area contributed by atoms with E-state index in [1.54, 1.807) is 18.2 Å². The first kappa shape index (κ1) is 22.8. The topological polar surface area (TPSA) is 46.1 Å². The number of nitrogens with one attached hydrogen (secondary N) is 1. The number of halogens is 1. The predicted molar refractivity (Wildman–Crippen MR) is 128 cm³/mol. The number of aryl methyl sites for hydroxylation is 1. The van der Waals surface area contributed by atoms with E-state index in [-0.39, 0.29) is 24.0 Å². The van der Waals surface area contributed by atoms with Gasteiger partial charge in [0.15, 0.2) is 5.96 Å². The minimum atomic E-state index is 0. The summed E-state index contributed by atoms with van der Waals surface area (Å²) in [6.45, 7) is 4.67. The number of nitrogens with zero attached hydrogens (tertiary/aromatic N) is 2. The summed E-state index contributed by atoms with van der Waals surface area (Å²) in [4.78, 5) is 6.96. The van der Waals surface area contributed by atoms with Crippen molar-refractivity contribution in [3.8, 4) is 0 Å². The molecular formula is C23H36IN3O2. The lowest BCUT2D eigenvalue weighted by Gasteiger charge is -2.34. The van der Waals surface area contributed by atoms with Gasteiger partial charge >= 0.3 is 0 Å². The molecule has 1 N–H and O–H groups in total. The van der Waals surface area contributed by atoms with Crippen molar-refractivity contribution in [1.29, 1.82) is 0 Å². The fourth-order valence-corrected chi connectivity index (χ4v) is 5.22. The SMILES string of the molecule is CN=C(NCC1C2CCc3ccccc3C21)N1CCC(OCCCOC)CC1.I. The molecule has 0 aromatic heterocycles.